The normalized spacial score (nSPS) is 16.6. The summed E-state index contributed by atoms with van der Waals surface area (Å²) < 4.78 is 5.05. The molecule has 314 valence electrons. The van der Waals surface area contributed by atoms with E-state index in [0.717, 1.165) is 74.1 Å². The van der Waals surface area contributed by atoms with Crippen molar-refractivity contribution in [1.29, 1.82) is 0 Å². The summed E-state index contributed by atoms with van der Waals surface area (Å²) in [6, 6.07) is 17.7. The standard InChI is InChI=1S/C23H26N4O3S.C22H25IN4OS/c1-15-4-3-9-26(11-15)23-25-19(14-31-23)13-27-12-16(2)10-20(27)21(28)24-18-7-5-17(6-8-18)22(29)30;1-15-4-3-9-26(11-15)22-25-19(14-29-22)13-27-12-16(2)10-20(27)21(28)24-18-7-5-17(23)6-8-18/h5-8,10,12,14-15H,3-4,9,11,13H2,1-2H3,(H,24,28)(H,29,30);5-8,10,12,14-15H,3-4,9,11,13H2,1-2H3,(H,24,28). The molecule has 2 saturated heterocycles. The lowest BCUT2D eigenvalue weighted by Gasteiger charge is -2.30. The number of aromatic carboxylic acids is 1. The summed E-state index contributed by atoms with van der Waals surface area (Å²) >= 11 is 5.62. The van der Waals surface area contributed by atoms with Gasteiger partial charge >= 0.3 is 5.97 Å². The average molecular weight is 959 g/mol. The van der Waals surface area contributed by atoms with Crippen LogP contribution in [0.1, 0.15) is 93.4 Å². The van der Waals surface area contributed by atoms with Gasteiger partial charge in [0.05, 0.1) is 30.0 Å². The third-order valence-electron chi connectivity index (χ3n) is 10.6. The number of carboxylic acids is 1. The van der Waals surface area contributed by atoms with Crippen molar-refractivity contribution in [1.82, 2.24) is 19.1 Å². The number of thiazole rings is 2. The van der Waals surface area contributed by atoms with E-state index >= 15 is 0 Å². The van der Waals surface area contributed by atoms with Crippen LogP contribution in [0.4, 0.5) is 21.6 Å². The Morgan fingerprint density at radius 3 is 1.57 bits per heavy atom. The van der Waals surface area contributed by atoms with Gasteiger partial charge < -0.3 is 34.7 Å². The van der Waals surface area contributed by atoms with Crippen LogP contribution >= 0.6 is 45.3 Å². The van der Waals surface area contributed by atoms with Gasteiger partial charge in [0.1, 0.15) is 11.4 Å². The van der Waals surface area contributed by atoms with E-state index in [1.807, 2.05) is 71.8 Å². The number of benzene rings is 2. The minimum absolute atomic E-state index is 0.0976. The maximum absolute atomic E-state index is 12.9. The van der Waals surface area contributed by atoms with Gasteiger partial charge in [-0.05, 0) is 146 Å². The van der Waals surface area contributed by atoms with Crippen LogP contribution in [0, 0.1) is 29.3 Å². The molecule has 2 fully saturated rings. The molecular weight excluding hydrogens is 908 g/mol. The smallest absolute Gasteiger partial charge is 0.335 e. The van der Waals surface area contributed by atoms with Crippen molar-refractivity contribution < 1.29 is 19.5 Å². The highest BCUT2D eigenvalue weighted by molar-refractivity contribution is 14.1. The Balaban J connectivity index is 0.000000182. The maximum Gasteiger partial charge on any atom is 0.335 e. The highest BCUT2D eigenvalue weighted by atomic mass is 127. The van der Waals surface area contributed by atoms with Gasteiger partial charge in [-0.15, -0.1) is 22.7 Å². The summed E-state index contributed by atoms with van der Waals surface area (Å²) in [6.07, 6.45) is 8.97. The first-order chi connectivity index (χ1) is 28.9. The first kappa shape index (κ1) is 43.1. The van der Waals surface area contributed by atoms with E-state index < -0.39 is 5.97 Å². The molecule has 12 nitrogen and oxygen atoms in total. The van der Waals surface area contributed by atoms with Gasteiger partial charge in [0.2, 0.25) is 0 Å². The van der Waals surface area contributed by atoms with Gasteiger partial charge in [0, 0.05) is 64.3 Å². The number of aromatic nitrogens is 4. The molecule has 0 spiro atoms. The van der Waals surface area contributed by atoms with Crippen LogP contribution in [0.25, 0.3) is 0 Å². The summed E-state index contributed by atoms with van der Waals surface area (Å²) in [4.78, 5) is 51.2. The topological polar surface area (TPSA) is 138 Å². The van der Waals surface area contributed by atoms with Crippen molar-refractivity contribution in [2.75, 3.05) is 46.6 Å². The van der Waals surface area contributed by atoms with Crippen LogP contribution in [0.2, 0.25) is 0 Å². The molecule has 6 heterocycles. The number of carbonyl (C=O) groups excluding carboxylic acids is 2. The van der Waals surface area contributed by atoms with E-state index in [2.05, 4.69) is 67.6 Å². The van der Waals surface area contributed by atoms with Crippen molar-refractivity contribution >= 4 is 84.7 Å². The number of hydrogen-bond acceptors (Lipinski definition) is 9. The molecular formula is C45H51IN8O4S2. The van der Waals surface area contributed by atoms with Crippen LogP contribution in [0.5, 0.6) is 0 Å². The predicted octanol–water partition coefficient (Wildman–Crippen LogP) is 9.88. The fraction of sp³-hybridized carbons (Fsp3) is 0.356. The summed E-state index contributed by atoms with van der Waals surface area (Å²) in [7, 11) is 0. The molecule has 15 heteroatoms. The van der Waals surface area contributed by atoms with E-state index in [1.54, 1.807) is 34.8 Å². The number of nitrogens with one attached hydrogen (secondary N) is 2. The molecule has 0 radical (unpaired) electrons. The summed E-state index contributed by atoms with van der Waals surface area (Å²) in [6.45, 7) is 13.9. The minimum Gasteiger partial charge on any atom is -0.478 e. The number of carboxylic acid groups (broad SMARTS) is 1. The molecule has 60 heavy (non-hydrogen) atoms. The molecule has 0 saturated carbocycles. The number of amides is 2. The largest absolute Gasteiger partial charge is 0.478 e. The van der Waals surface area contributed by atoms with E-state index in [0.29, 0.717) is 36.1 Å². The van der Waals surface area contributed by atoms with Crippen LogP contribution in [0.15, 0.2) is 83.8 Å². The average Bonchev–Trinajstić information content (AvgIpc) is 4.04. The molecule has 2 unspecified atom stereocenters. The van der Waals surface area contributed by atoms with Crippen LogP contribution in [0.3, 0.4) is 0 Å². The molecule has 0 bridgehead atoms. The summed E-state index contributed by atoms with van der Waals surface area (Å²) in [5, 5.41) is 21.2. The fourth-order valence-corrected chi connectivity index (χ4v) is 9.75. The van der Waals surface area contributed by atoms with Gasteiger partial charge in [0.15, 0.2) is 10.3 Å². The SMILES string of the molecule is Cc1cc(C(=O)Nc2ccc(C(=O)O)cc2)n(Cc2csc(N3CCCC(C)C3)n2)c1.Cc1cc(C(=O)Nc2ccc(I)cc2)n(Cc2csc(N3CCCC(C)C3)n2)c1. The number of aryl methyl sites for hydroxylation is 2. The fourth-order valence-electron chi connectivity index (χ4n) is 7.68. The van der Waals surface area contributed by atoms with Crippen molar-refractivity contribution in [3.05, 3.63) is 127 Å². The lowest BCUT2D eigenvalue weighted by Crippen LogP contribution is -2.34. The Labute approximate surface area is 372 Å². The second-order valence-electron chi connectivity index (χ2n) is 16.0. The lowest BCUT2D eigenvalue weighted by atomic mass is 10.0. The quantitative estimate of drug-likeness (QED) is 0.109. The van der Waals surface area contributed by atoms with E-state index in [1.165, 1.54) is 37.8 Å². The number of carbonyl (C=O) groups is 3. The Kier molecular flexibility index (Phi) is 14.1. The summed E-state index contributed by atoms with van der Waals surface area (Å²) in [5.74, 6) is 0.0768. The number of rotatable bonds is 11. The van der Waals surface area contributed by atoms with Crippen molar-refractivity contribution in [2.24, 2.45) is 11.8 Å². The number of piperidine rings is 2. The lowest BCUT2D eigenvalue weighted by molar-refractivity contribution is 0.0696. The first-order valence-electron chi connectivity index (χ1n) is 20.3. The van der Waals surface area contributed by atoms with Crippen LogP contribution in [-0.2, 0) is 13.1 Å². The zero-order chi connectivity index (χ0) is 42.3. The zero-order valence-electron chi connectivity index (χ0n) is 34.4. The number of halogens is 1. The highest BCUT2D eigenvalue weighted by Crippen LogP contribution is 2.29. The Morgan fingerprint density at radius 2 is 1.15 bits per heavy atom. The molecule has 2 aromatic carbocycles. The number of nitrogens with zero attached hydrogens (tertiary/aromatic N) is 6. The Morgan fingerprint density at radius 1 is 0.717 bits per heavy atom. The van der Waals surface area contributed by atoms with Gasteiger partial charge in [-0.2, -0.15) is 0 Å². The molecule has 8 rings (SSSR count). The number of anilines is 4. The Hall–Kier alpha value is -5.00. The first-order valence-corrected chi connectivity index (χ1v) is 23.1. The van der Waals surface area contributed by atoms with Crippen molar-refractivity contribution in [3.8, 4) is 0 Å². The molecule has 2 aliphatic rings. The predicted molar refractivity (Wildman–Crippen MR) is 250 cm³/mol. The van der Waals surface area contributed by atoms with Crippen molar-refractivity contribution in [2.45, 2.75) is 66.5 Å². The van der Waals surface area contributed by atoms with E-state index in [9.17, 15) is 14.4 Å². The van der Waals surface area contributed by atoms with Gasteiger partial charge in [0.25, 0.3) is 11.8 Å². The highest BCUT2D eigenvalue weighted by Gasteiger charge is 2.22. The third kappa shape index (κ3) is 11.2. The second-order valence-corrected chi connectivity index (χ2v) is 18.9. The molecule has 2 amide bonds. The second kappa shape index (κ2) is 19.6. The van der Waals surface area contributed by atoms with E-state index in [-0.39, 0.29) is 17.4 Å². The van der Waals surface area contributed by atoms with Gasteiger partial charge in [-0.25, -0.2) is 14.8 Å². The molecule has 6 aromatic rings. The maximum atomic E-state index is 12.9. The molecule has 3 N–H and O–H groups in total. The third-order valence-corrected chi connectivity index (χ3v) is 13.2. The van der Waals surface area contributed by atoms with Crippen molar-refractivity contribution in [3.63, 3.8) is 0 Å². The molecule has 4 aromatic heterocycles. The number of hydrogen-bond donors (Lipinski definition) is 3. The van der Waals surface area contributed by atoms with Crippen LogP contribution in [-0.4, -0.2) is 68.2 Å². The monoisotopic (exact) mass is 958 g/mol. The Bertz CT molecular complexity index is 2420. The molecule has 2 aliphatic heterocycles. The zero-order valence-corrected chi connectivity index (χ0v) is 38.1. The van der Waals surface area contributed by atoms with Gasteiger partial charge in [-0.1, -0.05) is 13.8 Å². The van der Waals surface area contributed by atoms with E-state index in [4.69, 9.17) is 15.1 Å². The molecule has 0 aliphatic carbocycles. The van der Waals surface area contributed by atoms with Gasteiger partial charge in [-0.3, -0.25) is 9.59 Å². The molecule has 2 atom stereocenters. The van der Waals surface area contributed by atoms with Crippen LogP contribution < -0.4 is 20.4 Å². The minimum atomic E-state index is -0.996. The summed E-state index contributed by atoms with van der Waals surface area (Å²) in [5.41, 5.74) is 6.73.